The molecule has 0 heterocycles. The molecule has 1 atom stereocenters. The third kappa shape index (κ3) is 4.51. The van der Waals surface area contributed by atoms with Gasteiger partial charge in [0.1, 0.15) is 0 Å². The van der Waals surface area contributed by atoms with Crippen LogP contribution in [0.1, 0.15) is 45.7 Å². The fourth-order valence-corrected chi connectivity index (χ4v) is 3.67. The minimum absolute atomic E-state index is 0.00295. The molecule has 0 radical (unpaired) electrons. The molecule has 0 bridgehead atoms. The van der Waals surface area contributed by atoms with Gasteiger partial charge in [0.25, 0.3) is 0 Å². The van der Waals surface area contributed by atoms with Crippen LogP contribution in [0, 0.1) is 0 Å². The first kappa shape index (κ1) is 19.7. The van der Waals surface area contributed by atoms with Crippen LogP contribution in [0.4, 0.5) is 13.2 Å². The van der Waals surface area contributed by atoms with Crippen molar-refractivity contribution in [3.63, 3.8) is 0 Å². The Kier molecular flexibility index (Phi) is 5.47. The van der Waals surface area contributed by atoms with Gasteiger partial charge in [-0.15, -0.1) is 0 Å². The molecule has 0 saturated carbocycles. The fourth-order valence-electron chi connectivity index (χ4n) is 2.52. The molecule has 0 N–H and O–H groups in total. The predicted molar refractivity (Wildman–Crippen MR) is 97.1 cm³/mol. The Morgan fingerprint density at radius 2 is 1.40 bits per heavy atom. The van der Waals surface area contributed by atoms with E-state index in [1.165, 1.54) is 12.1 Å². The van der Waals surface area contributed by atoms with Crippen LogP contribution in [0.2, 0.25) is 0 Å². The lowest BCUT2D eigenvalue weighted by molar-refractivity contribution is -0.139. The van der Waals surface area contributed by atoms with Crippen molar-refractivity contribution in [2.45, 2.75) is 56.4 Å². The van der Waals surface area contributed by atoms with Crippen LogP contribution in [0.5, 0.6) is 0 Å². The summed E-state index contributed by atoms with van der Waals surface area (Å²) in [5, 5.41) is -0.389. The van der Waals surface area contributed by atoms with Crippen molar-refractivity contribution in [1.82, 2.24) is 0 Å². The molecular weight excluding hydrogens is 345 g/mol. The van der Waals surface area contributed by atoms with E-state index in [9.17, 15) is 17.4 Å². The smallest absolute Gasteiger partial charge is 0.254 e. The second-order valence-corrected chi connectivity index (χ2v) is 9.36. The van der Waals surface area contributed by atoms with Crippen molar-refractivity contribution >= 4 is 10.8 Å². The van der Waals surface area contributed by atoms with Gasteiger partial charge in [0, 0.05) is 5.25 Å². The van der Waals surface area contributed by atoms with Crippen molar-refractivity contribution in [1.29, 1.82) is 0 Å². The third-order valence-corrected chi connectivity index (χ3v) is 5.64. The lowest BCUT2D eigenvalue weighted by atomic mass is 9.86. The molecule has 5 heteroatoms. The minimum atomic E-state index is -4.52. The molecule has 2 rings (SSSR count). The predicted octanol–water partition coefficient (Wildman–Crippen LogP) is 6.19. The van der Waals surface area contributed by atoms with E-state index in [2.05, 4.69) is 20.8 Å². The van der Waals surface area contributed by atoms with E-state index in [-0.39, 0.29) is 15.6 Å². The highest BCUT2D eigenvalue weighted by Gasteiger charge is 2.35. The second kappa shape index (κ2) is 6.94. The first-order valence-corrected chi connectivity index (χ1v) is 9.35. The molecule has 0 aliphatic heterocycles. The lowest BCUT2D eigenvalue weighted by Crippen LogP contribution is -2.14. The van der Waals surface area contributed by atoms with E-state index in [0.29, 0.717) is 5.56 Å². The summed E-state index contributed by atoms with van der Waals surface area (Å²) in [4.78, 5) is -0.153. The Morgan fingerprint density at radius 3 is 1.84 bits per heavy atom. The topological polar surface area (TPSA) is 17.1 Å². The van der Waals surface area contributed by atoms with Gasteiger partial charge in [0.2, 0.25) is 0 Å². The van der Waals surface area contributed by atoms with Crippen molar-refractivity contribution in [2.75, 3.05) is 0 Å². The molecule has 0 amide bonds. The maximum Gasteiger partial charge on any atom is 0.417 e. The number of halogens is 3. The number of rotatable bonds is 3. The number of alkyl halides is 3. The average Bonchev–Trinajstić information content (AvgIpc) is 2.52. The monoisotopic (exact) mass is 368 g/mol. The van der Waals surface area contributed by atoms with Crippen LogP contribution in [-0.4, -0.2) is 9.46 Å². The maximum absolute atomic E-state index is 13.3. The largest absolute Gasteiger partial charge is 0.417 e. The van der Waals surface area contributed by atoms with Gasteiger partial charge >= 0.3 is 6.18 Å². The summed E-state index contributed by atoms with van der Waals surface area (Å²) in [6, 6.07) is 11.6. The summed E-state index contributed by atoms with van der Waals surface area (Å²) in [6.07, 6.45) is -4.52. The van der Waals surface area contributed by atoms with Crippen LogP contribution in [0.3, 0.4) is 0 Å². The van der Waals surface area contributed by atoms with E-state index in [1.807, 2.05) is 24.3 Å². The molecule has 0 saturated heterocycles. The molecule has 0 aliphatic carbocycles. The molecule has 136 valence electrons. The Bertz CT molecular complexity index is 769. The first-order valence-electron chi connectivity index (χ1n) is 8.14. The van der Waals surface area contributed by atoms with Crippen LogP contribution in [-0.2, 0) is 22.4 Å². The Hall–Kier alpha value is -1.62. The SMILES string of the molecule is CC(C)S(=O)c1cc(-c2ccc(C(C)(C)C)cc2)ccc1C(F)(F)F. The Morgan fingerprint density at radius 1 is 0.880 bits per heavy atom. The summed E-state index contributed by atoms with van der Waals surface area (Å²) < 4.78 is 52.2. The van der Waals surface area contributed by atoms with Gasteiger partial charge in [0.15, 0.2) is 0 Å². The van der Waals surface area contributed by atoms with E-state index in [0.717, 1.165) is 17.2 Å². The van der Waals surface area contributed by atoms with E-state index >= 15 is 0 Å². The standard InChI is InChI=1S/C20H23F3OS/c1-13(2)25(24)18-12-15(8-11-17(18)20(21,22)23)14-6-9-16(10-7-14)19(3,4)5/h6-13H,1-5H3. The summed E-state index contributed by atoms with van der Waals surface area (Å²) in [6.45, 7) is 9.61. The summed E-state index contributed by atoms with van der Waals surface area (Å²) >= 11 is 0. The maximum atomic E-state index is 13.3. The molecule has 0 spiro atoms. The Labute approximate surface area is 149 Å². The van der Waals surface area contributed by atoms with E-state index < -0.39 is 22.5 Å². The van der Waals surface area contributed by atoms with Gasteiger partial charge in [-0.25, -0.2) is 0 Å². The van der Waals surface area contributed by atoms with Crippen LogP contribution >= 0.6 is 0 Å². The zero-order valence-corrected chi connectivity index (χ0v) is 15.9. The molecule has 0 fully saturated rings. The van der Waals surface area contributed by atoms with Crippen molar-refractivity contribution < 1.29 is 17.4 Å². The quantitative estimate of drug-likeness (QED) is 0.632. The molecule has 0 aromatic heterocycles. The van der Waals surface area contributed by atoms with Gasteiger partial charge in [-0.2, -0.15) is 13.2 Å². The average molecular weight is 368 g/mol. The molecule has 0 aliphatic rings. The molecule has 2 aromatic carbocycles. The van der Waals surface area contributed by atoms with Gasteiger partial charge in [-0.05, 0) is 34.2 Å². The normalized spacial score (nSPS) is 14.0. The van der Waals surface area contributed by atoms with Crippen LogP contribution in [0.15, 0.2) is 47.4 Å². The highest BCUT2D eigenvalue weighted by atomic mass is 32.2. The number of benzene rings is 2. The molecule has 25 heavy (non-hydrogen) atoms. The zero-order chi connectivity index (χ0) is 19.0. The summed E-state index contributed by atoms with van der Waals surface area (Å²) in [7, 11) is -1.72. The lowest BCUT2D eigenvalue weighted by Gasteiger charge is -2.19. The van der Waals surface area contributed by atoms with Gasteiger partial charge in [-0.3, -0.25) is 4.21 Å². The highest BCUT2D eigenvalue weighted by Crippen LogP contribution is 2.37. The fraction of sp³-hybridized carbons (Fsp3) is 0.400. The summed E-state index contributed by atoms with van der Waals surface area (Å²) in [5.74, 6) is 0. The highest BCUT2D eigenvalue weighted by molar-refractivity contribution is 7.85. The zero-order valence-electron chi connectivity index (χ0n) is 15.1. The van der Waals surface area contributed by atoms with Crippen molar-refractivity contribution in [2.24, 2.45) is 0 Å². The molecule has 1 unspecified atom stereocenters. The third-order valence-electron chi connectivity index (χ3n) is 4.02. The number of hydrogen-bond donors (Lipinski definition) is 0. The van der Waals surface area contributed by atoms with Crippen molar-refractivity contribution in [3.05, 3.63) is 53.6 Å². The summed E-state index contributed by atoms with van der Waals surface area (Å²) in [5.41, 5.74) is 1.77. The van der Waals surface area contributed by atoms with Gasteiger partial charge < -0.3 is 0 Å². The minimum Gasteiger partial charge on any atom is -0.254 e. The number of hydrogen-bond acceptors (Lipinski definition) is 1. The van der Waals surface area contributed by atoms with Crippen LogP contribution in [0.25, 0.3) is 11.1 Å². The second-order valence-electron chi connectivity index (χ2n) is 7.38. The Balaban J connectivity index is 2.53. The molecule has 1 nitrogen and oxygen atoms in total. The van der Waals surface area contributed by atoms with E-state index in [4.69, 9.17) is 0 Å². The van der Waals surface area contributed by atoms with Crippen LogP contribution < -0.4 is 0 Å². The van der Waals surface area contributed by atoms with Gasteiger partial charge in [-0.1, -0.05) is 65.0 Å². The molecular formula is C20H23F3OS. The first-order chi connectivity index (χ1) is 11.4. The van der Waals surface area contributed by atoms with E-state index in [1.54, 1.807) is 13.8 Å². The van der Waals surface area contributed by atoms with Gasteiger partial charge in [0.05, 0.1) is 21.3 Å². The molecule has 2 aromatic rings. The van der Waals surface area contributed by atoms with Crippen molar-refractivity contribution in [3.8, 4) is 11.1 Å².